The van der Waals surface area contributed by atoms with E-state index in [2.05, 4.69) is 5.32 Å². The number of non-ortho nitro benzene ring substituents is 2. The lowest BCUT2D eigenvalue weighted by Gasteiger charge is -2.35. The molecule has 1 aliphatic rings. The molecule has 130 valence electrons. The van der Waals surface area contributed by atoms with E-state index < -0.39 is 32.8 Å². The first-order valence-corrected chi connectivity index (χ1v) is 7.69. The highest BCUT2D eigenvalue weighted by Gasteiger charge is 2.36. The van der Waals surface area contributed by atoms with Gasteiger partial charge in [-0.05, 0) is 13.8 Å². The fraction of sp³-hybridized carbons (Fsp3) is 0.533. The first-order valence-electron chi connectivity index (χ1n) is 7.69. The van der Waals surface area contributed by atoms with E-state index in [9.17, 15) is 25.0 Å². The molecule has 1 aromatic rings. The predicted octanol–water partition coefficient (Wildman–Crippen LogP) is 1.41. The molecular formula is C15H20N3O6+. The minimum Gasteiger partial charge on any atom is -0.456 e. The van der Waals surface area contributed by atoms with Crippen LogP contribution in [0.1, 0.15) is 37.0 Å². The number of ether oxygens (including phenoxy) is 1. The molecule has 1 heterocycles. The minimum absolute atomic E-state index is 0.181. The number of hydrogen-bond donors (Lipinski definition) is 1. The number of esters is 1. The molecular weight excluding hydrogens is 318 g/mol. The number of piperidine rings is 1. The predicted molar refractivity (Wildman–Crippen MR) is 83.6 cm³/mol. The molecule has 0 unspecified atom stereocenters. The monoisotopic (exact) mass is 338 g/mol. The molecule has 1 fully saturated rings. The average molecular weight is 338 g/mol. The lowest BCUT2D eigenvalue weighted by Crippen LogP contribution is -2.86. The van der Waals surface area contributed by atoms with Gasteiger partial charge in [-0.25, -0.2) is 4.79 Å². The van der Waals surface area contributed by atoms with Crippen LogP contribution < -0.4 is 5.32 Å². The van der Waals surface area contributed by atoms with Gasteiger partial charge in [-0.3, -0.25) is 20.2 Å². The molecule has 2 N–H and O–H groups in total. The molecule has 1 saturated heterocycles. The van der Waals surface area contributed by atoms with Crippen LogP contribution in [-0.4, -0.2) is 34.5 Å². The van der Waals surface area contributed by atoms with Crippen molar-refractivity contribution in [1.29, 1.82) is 0 Å². The topological polar surface area (TPSA) is 129 Å². The van der Waals surface area contributed by atoms with Crippen LogP contribution in [0.5, 0.6) is 0 Å². The van der Waals surface area contributed by atoms with Crippen molar-refractivity contribution < 1.29 is 24.7 Å². The summed E-state index contributed by atoms with van der Waals surface area (Å²) >= 11 is 0. The molecule has 1 aliphatic heterocycles. The third kappa shape index (κ3) is 4.05. The van der Waals surface area contributed by atoms with Gasteiger partial charge in [0.1, 0.15) is 5.60 Å². The number of nitrogens with zero attached hydrogens (tertiary/aromatic N) is 2. The van der Waals surface area contributed by atoms with Crippen molar-refractivity contribution >= 4 is 17.3 Å². The summed E-state index contributed by atoms with van der Waals surface area (Å²) in [6.07, 6.45) is 1.80. The Bertz CT molecular complexity index is 635. The molecule has 0 aliphatic carbocycles. The van der Waals surface area contributed by atoms with Crippen molar-refractivity contribution in [1.82, 2.24) is 0 Å². The molecule has 0 atom stereocenters. The number of nitro benzene ring substituents is 2. The van der Waals surface area contributed by atoms with Gasteiger partial charge in [0.2, 0.25) is 0 Å². The van der Waals surface area contributed by atoms with Crippen molar-refractivity contribution in [2.45, 2.75) is 32.3 Å². The second-order valence-corrected chi connectivity index (χ2v) is 6.39. The van der Waals surface area contributed by atoms with Gasteiger partial charge in [-0.15, -0.1) is 0 Å². The second-order valence-electron chi connectivity index (χ2n) is 6.39. The van der Waals surface area contributed by atoms with Gasteiger partial charge in [0.15, 0.2) is 0 Å². The fourth-order valence-corrected chi connectivity index (χ4v) is 2.93. The van der Waals surface area contributed by atoms with Crippen molar-refractivity contribution in [3.63, 3.8) is 0 Å². The van der Waals surface area contributed by atoms with Crippen LogP contribution in [-0.2, 0) is 4.74 Å². The van der Waals surface area contributed by atoms with E-state index in [-0.39, 0.29) is 11.5 Å². The van der Waals surface area contributed by atoms with Crippen molar-refractivity contribution in [2.24, 2.45) is 5.92 Å². The molecule has 9 nitrogen and oxygen atoms in total. The Morgan fingerprint density at radius 1 is 1.12 bits per heavy atom. The number of quaternary nitrogens is 1. The van der Waals surface area contributed by atoms with Crippen LogP contribution in [0.25, 0.3) is 0 Å². The summed E-state index contributed by atoms with van der Waals surface area (Å²) in [5, 5.41) is 24.0. The van der Waals surface area contributed by atoms with Gasteiger partial charge >= 0.3 is 5.97 Å². The normalized spacial score (nSPS) is 15.8. The Morgan fingerprint density at radius 2 is 1.62 bits per heavy atom. The Morgan fingerprint density at radius 3 is 2.08 bits per heavy atom. The number of rotatable bonds is 5. The molecule has 0 saturated carbocycles. The maximum atomic E-state index is 12.4. The number of nitro groups is 2. The van der Waals surface area contributed by atoms with Gasteiger partial charge in [-0.1, -0.05) is 0 Å². The SMILES string of the molecule is CC(C)(OC(=O)c1cc([N+](=O)[O-])cc([N+](=O)[O-])c1)C1CC[NH2+]CC1. The summed E-state index contributed by atoms with van der Waals surface area (Å²) < 4.78 is 5.53. The first-order chi connectivity index (χ1) is 11.2. The quantitative estimate of drug-likeness (QED) is 0.491. The molecule has 9 heteroatoms. The molecule has 0 bridgehead atoms. The van der Waals surface area contributed by atoms with E-state index in [0.29, 0.717) is 0 Å². The van der Waals surface area contributed by atoms with Crippen LogP contribution >= 0.6 is 0 Å². The van der Waals surface area contributed by atoms with Crippen LogP contribution in [0, 0.1) is 26.1 Å². The van der Waals surface area contributed by atoms with Crippen LogP contribution in [0.3, 0.4) is 0 Å². The third-order valence-corrected chi connectivity index (χ3v) is 4.34. The summed E-state index contributed by atoms with van der Waals surface area (Å²) in [6, 6.07) is 2.82. The number of benzene rings is 1. The minimum atomic E-state index is -0.790. The average Bonchev–Trinajstić information content (AvgIpc) is 2.54. The molecule has 0 amide bonds. The lowest BCUT2D eigenvalue weighted by atomic mass is 9.83. The van der Waals surface area contributed by atoms with Crippen LogP contribution in [0.4, 0.5) is 11.4 Å². The van der Waals surface area contributed by atoms with E-state index in [1.807, 2.05) is 0 Å². The molecule has 0 radical (unpaired) electrons. The third-order valence-electron chi connectivity index (χ3n) is 4.34. The zero-order valence-electron chi connectivity index (χ0n) is 13.6. The van der Waals surface area contributed by atoms with Gasteiger partial charge in [0, 0.05) is 30.9 Å². The highest BCUT2D eigenvalue weighted by molar-refractivity contribution is 5.91. The standard InChI is InChI=1S/C15H19N3O6/c1-15(2,11-3-5-16-6-4-11)24-14(19)10-7-12(17(20)21)9-13(8-10)18(22)23/h7-9,11,16H,3-6H2,1-2H3/p+1. The fourth-order valence-electron chi connectivity index (χ4n) is 2.93. The number of nitrogens with two attached hydrogens (primary N) is 1. The van der Waals surface area contributed by atoms with Gasteiger partial charge in [0.05, 0.1) is 34.6 Å². The second kappa shape index (κ2) is 6.91. The van der Waals surface area contributed by atoms with E-state index in [1.54, 1.807) is 13.8 Å². The summed E-state index contributed by atoms with van der Waals surface area (Å²) in [5.74, 6) is -0.610. The zero-order chi connectivity index (χ0) is 17.9. The molecule has 0 spiro atoms. The summed E-state index contributed by atoms with van der Waals surface area (Å²) in [7, 11) is 0. The molecule has 1 aromatic carbocycles. The van der Waals surface area contributed by atoms with Gasteiger partial charge in [0.25, 0.3) is 11.4 Å². The van der Waals surface area contributed by atoms with E-state index in [1.165, 1.54) is 0 Å². The summed E-state index contributed by atoms with van der Waals surface area (Å²) in [4.78, 5) is 32.7. The smallest absolute Gasteiger partial charge is 0.339 e. The Kier molecular flexibility index (Phi) is 5.13. The van der Waals surface area contributed by atoms with Crippen molar-refractivity contribution in [2.75, 3.05) is 13.1 Å². The maximum Gasteiger partial charge on any atom is 0.339 e. The number of carbonyl (C=O) groups excluding carboxylic acids is 1. The number of carbonyl (C=O) groups is 1. The number of hydrogen-bond acceptors (Lipinski definition) is 6. The maximum absolute atomic E-state index is 12.4. The van der Waals surface area contributed by atoms with Gasteiger partial charge < -0.3 is 10.1 Å². The van der Waals surface area contributed by atoms with Crippen LogP contribution in [0.15, 0.2) is 18.2 Å². The summed E-state index contributed by atoms with van der Waals surface area (Å²) in [5.41, 5.74) is -1.96. The zero-order valence-corrected chi connectivity index (χ0v) is 13.6. The van der Waals surface area contributed by atoms with Crippen molar-refractivity contribution in [3.8, 4) is 0 Å². The largest absolute Gasteiger partial charge is 0.456 e. The van der Waals surface area contributed by atoms with Crippen molar-refractivity contribution in [3.05, 3.63) is 44.0 Å². The highest BCUT2D eigenvalue weighted by Crippen LogP contribution is 2.30. The Hall–Kier alpha value is -2.55. The summed E-state index contributed by atoms with van der Waals surface area (Å²) in [6.45, 7) is 5.50. The first kappa shape index (κ1) is 17.8. The van der Waals surface area contributed by atoms with Crippen LogP contribution in [0.2, 0.25) is 0 Å². The van der Waals surface area contributed by atoms with E-state index in [4.69, 9.17) is 4.74 Å². The molecule has 2 rings (SSSR count). The Labute approximate surface area is 138 Å². The van der Waals surface area contributed by atoms with E-state index >= 15 is 0 Å². The Balaban J connectivity index is 2.25. The van der Waals surface area contributed by atoms with Gasteiger partial charge in [-0.2, -0.15) is 0 Å². The van der Waals surface area contributed by atoms with E-state index in [0.717, 1.165) is 44.1 Å². The lowest BCUT2D eigenvalue weighted by molar-refractivity contribution is -0.665. The highest BCUT2D eigenvalue weighted by atomic mass is 16.6. The molecule has 24 heavy (non-hydrogen) atoms. The molecule has 0 aromatic heterocycles.